The van der Waals surface area contributed by atoms with Gasteiger partial charge in [-0.3, -0.25) is 19.3 Å². The zero-order valence-corrected chi connectivity index (χ0v) is 13.6. The minimum absolute atomic E-state index is 0.0621. The van der Waals surface area contributed by atoms with Gasteiger partial charge in [0.1, 0.15) is 5.76 Å². The van der Waals surface area contributed by atoms with Crippen LogP contribution in [0.3, 0.4) is 0 Å². The average Bonchev–Trinajstić information content (AvgIpc) is 3.11. The summed E-state index contributed by atoms with van der Waals surface area (Å²) in [4.78, 5) is 37.4. The molecule has 1 N–H and O–H groups in total. The van der Waals surface area contributed by atoms with Crippen LogP contribution in [0.25, 0.3) is 0 Å². The van der Waals surface area contributed by atoms with Gasteiger partial charge >= 0.3 is 0 Å². The molecule has 1 saturated heterocycles. The normalized spacial score (nSPS) is 22.3. The maximum Gasteiger partial charge on any atom is 0.229 e. The van der Waals surface area contributed by atoms with E-state index in [4.69, 9.17) is 4.42 Å². The van der Waals surface area contributed by atoms with Crippen molar-refractivity contribution in [3.63, 3.8) is 0 Å². The summed E-state index contributed by atoms with van der Waals surface area (Å²) in [7, 11) is 0. The number of benzene rings is 1. The van der Waals surface area contributed by atoms with E-state index in [-0.39, 0.29) is 48.9 Å². The average molecular weight is 338 g/mol. The van der Waals surface area contributed by atoms with Crippen molar-refractivity contribution in [3.8, 4) is 0 Å². The number of amides is 3. The molecule has 2 fully saturated rings. The second-order valence-electron chi connectivity index (χ2n) is 6.48. The fourth-order valence-corrected chi connectivity index (χ4v) is 3.28. The first-order chi connectivity index (χ1) is 12.1. The number of para-hydroxylation sites is 1. The smallest absolute Gasteiger partial charge is 0.229 e. The van der Waals surface area contributed by atoms with Crippen LogP contribution in [0.2, 0.25) is 0 Å². The van der Waals surface area contributed by atoms with E-state index in [1.54, 1.807) is 12.3 Å². The molecule has 1 aliphatic heterocycles. The quantitative estimate of drug-likeness (QED) is 0.850. The van der Waals surface area contributed by atoms with E-state index in [1.165, 1.54) is 4.90 Å². The Hall–Kier alpha value is -2.89. The van der Waals surface area contributed by atoms with Gasteiger partial charge in [-0.05, 0) is 30.2 Å². The lowest BCUT2D eigenvalue weighted by molar-refractivity contribution is -0.139. The Kier molecular flexibility index (Phi) is 3.87. The number of nitrogens with zero attached hydrogens (tertiary/aromatic N) is 1. The fourth-order valence-electron chi connectivity index (χ4n) is 3.28. The van der Waals surface area contributed by atoms with Crippen molar-refractivity contribution in [2.24, 2.45) is 5.92 Å². The Bertz CT molecular complexity index is 812. The van der Waals surface area contributed by atoms with Gasteiger partial charge in [-0.1, -0.05) is 18.2 Å². The lowest BCUT2D eigenvalue weighted by Gasteiger charge is -2.17. The molecule has 6 nitrogen and oxygen atoms in total. The van der Waals surface area contributed by atoms with Crippen molar-refractivity contribution in [2.75, 3.05) is 5.32 Å². The molecule has 0 bridgehead atoms. The minimum Gasteiger partial charge on any atom is -0.469 e. The van der Waals surface area contributed by atoms with Crippen LogP contribution < -0.4 is 5.32 Å². The number of carbonyl (C=O) groups excluding carboxylic acids is 3. The maximum absolute atomic E-state index is 12.5. The summed E-state index contributed by atoms with van der Waals surface area (Å²) in [5.41, 5.74) is 1.40. The number of hydrogen-bond donors (Lipinski definition) is 1. The van der Waals surface area contributed by atoms with Crippen LogP contribution in [0.4, 0.5) is 5.69 Å². The van der Waals surface area contributed by atoms with Crippen LogP contribution >= 0.6 is 0 Å². The predicted molar refractivity (Wildman–Crippen MR) is 89.4 cm³/mol. The van der Waals surface area contributed by atoms with Gasteiger partial charge in [0.2, 0.25) is 17.7 Å². The van der Waals surface area contributed by atoms with Crippen LogP contribution in [0.1, 0.15) is 36.5 Å². The molecule has 4 rings (SSSR count). The van der Waals surface area contributed by atoms with Gasteiger partial charge in [0.05, 0.1) is 12.8 Å². The first kappa shape index (κ1) is 15.6. The summed E-state index contributed by atoms with van der Waals surface area (Å²) >= 11 is 0. The van der Waals surface area contributed by atoms with E-state index in [0.29, 0.717) is 5.69 Å². The van der Waals surface area contributed by atoms with Crippen LogP contribution in [0.15, 0.2) is 47.1 Å². The molecule has 1 aromatic carbocycles. The molecule has 2 heterocycles. The lowest BCUT2D eigenvalue weighted by Crippen LogP contribution is -2.29. The highest BCUT2D eigenvalue weighted by atomic mass is 16.3. The highest BCUT2D eigenvalue weighted by molar-refractivity contribution is 6.02. The van der Waals surface area contributed by atoms with E-state index in [0.717, 1.165) is 17.7 Å². The fraction of sp³-hybridized carbons (Fsp3) is 0.316. The Balaban J connectivity index is 1.45. The molecular weight excluding hydrogens is 320 g/mol. The number of hydrogen-bond acceptors (Lipinski definition) is 4. The molecule has 0 radical (unpaired) electrons. The number of furan rings is 1. The summed E-state index contributed by atoms with van der Waals surface area (Å²) in [5.74, 6) is 0.477. The molecule has 2 aliphatic rings. The van der Waals surface area contributed by atoms with Crippen molar-refractivity contribution in [1.29, 1.82) is 0 Å². The van der Waals surface area contributed by atoms with E-state index in [1.807, 2.05) is 30.3 Å². The first-order valence-electron chi connectivity index (χ1n) is 8.39. The topological polar surface area (TPSA) is 79.6 Å². The van der Waals surface area contributed by atoms with E-state index in [9.17, 15) is 14.4 Å². The van der Waals surface area contributed by atoms with Crippen LogP contribution in [-0.4, -0.2) is 22.6 Å². The Morgan fingerprint density at radius 2 is 1.88 bits per heavy atom. The number of likely N-dealkylation sites (tertiary alicyclic amines) is 1. The highest BCUT2D eigenvalue weighted by Gasteiger charge is 2.46. The van der Waals surface area contributed by atoms with Crippen LogP contribution in [0, 0.1) is 5.92 Å². The van der Waals surface area contributed by atoms with E-state index in [2.05, 4.69) is 5.32 Å². The molecule has 2 atom stereocenters. The molecule has 6 heteroatoms. The SMILES string of the molecule is O=C(Nc1ccccc1CN1C(=O)CCC1=O)C1CC1c1ccco1. The number of nitrogens with one attached hydrogen (secondary N) is 1. The Labute approximate surface area is 144 Å². The molecule has 2 unspecified atom stereocenters. The van der Waals surface area contributed by atoms with Gasteiger partial charge in [-0.15, -0.1) is 0 Å². The van der Waals surface area contributed by atoms with Gasteiger partial charge in [0, 0.05) is 30.4 Å². The monoisotopic (exact) mass is 338 g/mol. The van der Waals surface area contributed by atoms with Crippen molar-refractivity contribution in [1.82, 2.24) is 4.90 Å². The first-order valence-corrected chi connectivity index (χ1v) is 8.39. The zero-order valence-electron chi connectivity index (χ0n) is 13.6. The predicted octanol–water partition coefficient (Wildman–Crippen LogP) is 2.67. The second-order valence-corrected chi connectivity index (χ2v) is 6.48. The van der Waals surface area contributed by atoms with Crippen molar-refractivity contribution in [3.05, 3.63) is 54.0 Å². The zero-order chi connectivity index (χ0) is 17.4. The van der Waals surface area contributed by atoms with Gasteiger partial charge in [-0.25, -0.2) is 0 Å². The number of imide groups is 1. The molecule has 0 spiro atoms. The lowest BCUT2D eigenvalue weighted by atomic mass is 10.1. The van der Waals surface area contributed by atoms with Gasteiger partial charge in [-0.2, -0.15) is 0 Å². The van der Waals surface area contributed by atoms with E-state index < -0.39 is 0 Å². The third-order valence-electron chi connectivity index (χ3n) is 4.79. The molecule has 2 aromatic rings. The standard InChI is InChI=1S/C19H18N2O4/c22-17-7-8-18(23)21(17)11-12-4-1-2-5-15(12)20-19(24)14-10-13(14)16-6-3-9-25-16/h1-6,9,13-14H,7-8,10-11H2,(H,20,24). The second kappa shape index (κ2) is 6.20. The molecular formula is C19H18N2O4. The van der Waals surface area contributed by atoms with E-state index >= 15 is 0 Å². The molecule has 3 amide bonds. The molecule has 25 heavy (non-hydrogen) atoms. The summed E-state index contributed by atoms with van der Waals surface area (Å²) in [6.07, 6.45) is 2.91. The van der Waals surface area contributed by atoms with Gasteiger partial charge in [0.25, 0.3) is 0 Å². The largest absolute Gasteiger partial charge is 0.469 e. The van der Waals surface area contributed by atoms with Crippen molar-refractivity contribution < 1.29 is 18.8 Å². The number of rotatable bonds is 5. The number of anilines is 1. The van der Waals surface area contributed by atoms with Crippen LogP contribution in [-0.2, 0) is 20.9 Å². The summed E-state index contributed by atoms with van der Waals surface area (Å²) in [6.45, 7) is 0.195. The number of carbonyl (C=O) groups is 3. The molecule has 1 aromatic heterocycles. The molecule has 128 valence electrons. The maximum atomic E-state index is 12.5. The third kappa shape index (κ3) is 3.07. The molecule has 1 saturated carbocycles. The molecule has 1 aliphatic carbocycles. The van der Waals surface area contributed by atoms with Crippen molar-refractivity contribution in [2.45, 2.75) is 31.7 Å². The summed E-state index contributed by atoms with van der Waals surface area (Å²) in [5, 5.41) is 2.94. The Morgan fingerprint density at radius 1 is 1.12 bits per heavy atom. The Morgan fingerprint density at radius 3 is 2.60 bits per heavy atom. The minimum atomic E-state index is -0.161. The van der Waals surface area contributed by atoms with Gasteiger partial charge < -0.3 is 9.73 Å². The summed E-state index contributed by atoms with van der Waals surface area (Å²) < 4.78 is 5.36. The van der Waals surface area contributed by atoms with Gasteiger partial charge in [0.15, 0.2) is 0 Å². The highest BCUT2D eigenvalue weighted by Crippen LogP contribution is 2.48. The van der Waals surface area contributed by atoms with Crippen LogP contribution in [0.5, 0.6) is 0 Å². The third-order valence-corrected chi connectivity index (χ3v) is 4.79. The summed E-state index contributed by atoms with van der Waals surface area (Å²) in [6, 6.07) is 11.0. The van der Waals surface area contributed by atoms with Crippen molar-refractivity contribution >= 4 is 23.4 Å².